The third kappa shape index (κ3) is 4.42. The zero-order chi connectivity index (χ0) is 20.8. The van der Waals surface area contributed by atoms with Crippen LogP contribution in [0, 0.1) is 11.3 Å². The maximum absolute atomic E-state index is 12.9. The van der Waals surface area contributed by atoms with Gasteiger partial charge in [-0.1, -0.05) is 48.5 Å². The van der Waals surface area contributed by atoms with Crippen molar-refractivity contribution in [3.05, 3.63) is 77.4 Å². The summed E-state index contributed by atoms with van der Waals surface area (Å²) in [5.74, 6) is -1.54. The smallest absolute Gasteiger partial charge is 0.280 e. The molecule has 0 atom stereocenters. The number of ketones is 1. The molecule has 0 spiro atoms. The van der Waals surface area contributed by atoms with Crippen molar-refractivity contribution in [3.63, 3.8) is 0 Å². The van der Waals surface area contributed by atoms with Gasteiger partial charge >= 0.3 is 0 Å². The van der Waals surface area contributed by atoms with Crippen molar-refractivity contribution in [1.82, 2.24) is 9.78 Å². The molecule has 1 N–H and O–H groups in total. The van der Waals surface area contributed by atoms with Gasteiger partial charge in [-0.25, -0.2) is 0 Å². The lowest BCUT2D eigenvalue weighted by atomic mass is 10.1. The first-order valence-corrected chi connectivity index (χ1v) is 9.82. The second-order valence-corrected chi connectivity index (χ2v) is 6.74. The number of hydrogen-bond donors (Lipinski definition) is 1. The Morgan fingerprint density at radius 3 is 2.17 bits per heavy atom. The van der Waals surface area contributed by atoms with E-state index in [1.165, 1.54) is 11.8 Å². The number of nitriles is 1. The number of amides is 1. The number of anilines is 1. The van der Waals surface area contributed by atoms with Crippen LogP contribution in [0.3, 0.4) is 0 Å². The summed E-state index contributed by atoms with van der Waals surface area (Å²) in [6, 6.07) is 18.8. The summed E-state index contributed by atoms with van der Waals surface area (Å²) >= 11 is 1.18. The SMILES string of the molecule is CSc1nn(C(=O)c2ccccc2)c(NC(=O)CC(=O)c2ccccc2)c1C#N. The summed E-state index contributed by atoms with van der Waals surface area (Å²) in [7, 11) is 0. The Morgan fingerprint density at radius 1 is 1.03 bits per heavy atom. The van der Waals surface area contributed by atoms with Crippen LogP contribution in [0.2, 0.25) is 0 Å². The highest BCUT2D eigenvalue weighted by Gasteiger charge is 2.25. The van der Waals surface area contributed by atoms with E-state index in [-0.39, 0.29) is 17.2 Å². The van der Waals surface area contributed by atoms with Crippen molar-refractivity contribution in [2.24, 2.45) is 0 Å². The maximum Gasteiger partial charge on any atom is 0.280 e. The highest BCUT2D eigenvalue weighted by molar-refractivity contribution is 7.98. The summed E-state index contributed by atoms with van der Waals surface area (Å²) in [4.78, 5) is 37.6. The van der Waals surface area contributed by atoms with Crippen LogP contribution >= 0.6 is 11.8 Å². The van der Waals surface area contributed by atoms with Gasteiger partial charge in [0.2, 0.25) is 5.91 Å². The summed E-state index contributed by atoms with van der Waals surface area (Å²) in [5.41, 5.74) is 0.826. The molecule has 0 fully saturated rings. The van der Waals surface area contributed by atoms with Gasteiger partial charge in [0, 0.05) is 11.1 Å². The molecule has 3 aromatic rings. The van der Waals surface area contributed by atoms with Crippen LogP contribution in [0.15, 0.2) is 65.7 Å². The minimum atomic E-state index is -0.634. The second kappa shape index (κ2) is 8.99. The molecule has 0 radical (unpaired) electrons. The largest absolute Gasteiger partial charge is 0.309 e. The first kappa shape index (κ1) is 20.0. The van der Waals surface area contributed by atoms with Gasteiger partial charge in [0.15, 0.2) is 11.6 Å². The zero-order valence-corrected chi connectivity index (χ0v) is 16.3. The normalized spacial score (nSPS) is 10.2. The van der Waals surface area contributed by atoms with Crippen LogP contribution in [0.25, 0.3) is 0 Å². The molecule has 2 aromatic carbocycles. The van der Waals surface area contributed by atoms with Crippen molar-refractivity contribution in [2.45, 2.75) is 11.4 Å². The number of thioether (sulfide) groups is 1. The summed E-state index contributed by atoms with van der Waals surface area (Å²) in [6.07, 6.45) is 1.29. The van der Waals surface area contributed by atoms with Crippen LogP contribution in [0.5, 0.6) is 0 Å². The van der Waals surface area contributed by atoms with E-state index in [9.17, 15) is 19.6 Å². The lowest BCUT2D eigenvalue weighted by molar-refractivity contribution is -0.115. The predicted octanol–water partition coefficient (Wildman–Crippen LogP) is 3.38. The number of carbonyl (C=O) groups is 3. The third-order valence-electron chi connectivity index (χ3n) is 4.05. The van der Waals surface area contributed by atoms with Gasteiger partial charge in [0.1, 0.15) is 16.7 Å². The van der Waals surface area contributed by atoms with Crippen molar-refractivity contribution in [1.29, 1.82) is 5.26 Å². The number of carbonyl (C=O) groups excluding carboxylic acids is 3. The fourth-order valence-electron chi connectivity index (χ4n) is 2.66. The molecule has 7 nitrogen and oxygen atoms in total. The van der Waals surface area contributed by atoms with Crippen molar-refractivity contribution >= 4 is 35.2 Å². The predicted molar refractivity (Wildman–Crippen MR) is 109 cm³/mol. The van der Waals surface area contributed by atoms with E-state index >= 15 is 0 Å². The van der Waals surface area contributed by atoms with E-state index in [4.69, 9.17) is 0 Å². The Balaban J connectivity index is 1.90. The Kier molecular flexibility index (Phi) is 6.22. The lowest BCUT2D eigenvalue weighted by Crippen LogP contribution is -2.22. The number of nitrogens with one attached hydrogen (secondary N) is 1. The molecule has 0 aliphatic carbocycles. The molecule has 1 heterocycles. The number of Topliss-reactive ketones (excluding diaryl/α,β-unsaturated/α-hetero) is 1. The molecule has 0 aliphatic rings. The van der Waals surface area contributed by atoms with Crippen LogP contribution < -0.4 is 5.32 Å². The number of hydrogen-bond acceptors (Lipinski definition) is 6. The molecule has 8 heteroatoms. The Hall–Kier alpha value is -3.70. The summed E-state index contributed by atoms with van der Waals surface area (Å²) < 4.78 is 0.991. The third-order valence-corrected chi connectivity index (χ3v) is 4.72. The van der Waals surface area contributed by atoms with E-state index < -0.39 is 18.2 Å². The zero-order valence-electron chi connectivity index (χ0n) is 15.5. The van der Waals surface area contributed by atoms with E-state index in [0.717, 1.165) is 4.68 Å². The number of nitrogens with zero attached hydrogens (tertiary/aromatic N) is 3. The minimum Gasteiger partial charge on any atom is -0.309 e. The topological polar surface area (TPSA) is 105 Å². The molecular weight excluding hydrogens is 388 g/mol. The molecule has 0 saturated heterocycles. The van der Waals surface area contributed by atoms with Crippen molar-refractivity contribution in [2.75, 3.05) is 11.6 Å². The Morgan fingerprint density at radius 2 is 1.62 bits per heavy atom. The van der Waals surface area contributed by atoms with Crippen LogP contribution in [0.1, 0.15) is 32.7 Å². The quantitative estimate of drug-likeness (QED) is 0.384. The lowest BCUT2D eigenvalue weighted by Gasteiger charge is -2.08. The van der Waals surface area contributed by atoms with E-state index in [1.807, 2.05) is 6.07 Å². The van der Waals surface area contributed by atoms with Crippen LogP contribution in [-0.4, -0.2) is 33.6 Å². The van der Waals surface area contributed by atoms with Gasteiger partial charge in [-0.3, -0.25) is 14.4 Å². The molecule has 0 unspecified atom stereocenters. The van der Waals surface area contributed by atoms with Crippen LogP contribution in [0.4, 0.5) is 5.82 Å². The van der Waals surface area contributed by atoms with E-state index in [1.54, 1.807) is 66.9 Å². The van der Waals surface area contributed by atoms with Gasteiger partial charge in [-0.2, -0.15) is 15.0 Å². The molecule has 3 rings (SSSR count). The molecular formula is C21H16N4O3S. The van der Waals surface area contributed by atoms with Gasteiger partial charge in [0.05, 0.1) is 6.42 Å². The first-order valence-electron chi connectivity index (χ1n) is 8.60. The van der Waals surface area contributed by atoms with Gasteiger partial charge in [-0.15, -0.1) is 11.8 Å². The molecule has 29 heavy (non-hydrogen) atoms. The molecule has 1 aromatic heterocycles. The van der Waals surface area contributed by atoms with Gasteiger partial charge < -0.3 is 5.32 Å². The highest BCUT2D eigenvalue weighted by atomic mass is 32.2. The van der Waals surface area contributed by atoms with Gasteiger partial charge in [-0.05, 0) is 18.4 Å². The van der Waals surface area contributed by atoms with E-state index in [2.05, 4.69) is 10.4 Å². The fourth-order valence-corrected chi connectivity index (χ4v) is 3.17. The maximum atomic E-state index is 12.9. The Bertz CT molecular complexity index is 1100. The fraction of sp³-hybridized carbons (Fsp3) is 0.0952. The van der Waals surface area contributed by atoms with Crippen LogP contribution in [-0.2, 0) is 4.79 Å². The molecule has 1 amide bonds. The number of aromatic nitrogens is 2. The minimum absolute atomic E-state index is 0.0448. The molecule has 0 saturated carbocycles. The summed E-state index contributed by atoms with van der Waals surface area (Å²) in [6.45, 7) is 0. The monoisotopic (exact) mass is 404 g/mol. The second-order valence-electron chi connectivity index (χ2n) is 5.94. The average Bonchev–Trinajstić information content (AvgIpc) is 3.11. The van der Waals surface area contributed by atoms with E-state index in [0.29, 0.717) is 16.2 Å². The molecule has 144 valence electrons. The standard InChI is InChI=1S/C21H16N4O3S/c1-29-20-16(13-22)19(25(24-20)21(28)15-10-6-3-7-11-15)23-18(27)12-17(26)14-8-4-2-5-9-14/h2-11H,12H2,1H3,(H,23,27). The number of rotatable bonds is 6. The van der Waals surface area contributed by atoms with Crippen molar-refractivity contribution in [3.8, 4) is 6.07 Å². The highest BCUT2D eigenvalue weighted by Crippen LogP contribution is 2.27. The molecule has 0 aliphatic heterocycles. The van der Waals surface area contributed by atoms with Gasteiger partial charge in [0.25, 0.3) is 5.91 Å². The Labute approximate surface area is 171 Å². The number of benzene rings is 2. The molecule has 0 bridgehead atoms. The summed E-state index contributed by atoms with van der Waals surface area (Å²) in [5, 5.41) is 16.5. The first-order chi connectivity index (χ1) is 14.0. The van der Waals surface area contributed by atoms with Crippen molar-refractivity contribution < 1.29 is 14.4 Å². The average molecular weight is 404 g/mol.